The van der Waals surface area contributed by atoms with Crippen molar-refractivity contribution < 1.29 is 32.6 Å². The van der Waals surface area contributed by atoms with Crippen LogP contribution in [0.4, 0.5) is 4.79 Å². The molecule has 2 aliphatic carbocycles. The lowest BCUT2D eigenvalue weighted by molar-refractivity contribution is -0.139. The molecular weight excluding hydrogens is 472 g/mol. The number of hydrogen-bond donors (Lipinski definition) is 3. The number of aliphatic carboxylic acids is 1. The molecule has 2 aromatic rings. The number of fused-ring (bicyclic) bond motifs is 3. The van der Waals surface area contributed by atoms with E-state index in [2.05, 4.69) is 10.6 Å². The first-order valence-corrected chi connectivity index (χ1v) is 13.2. The second-order valence-electron chi connectivity index (χ2n) is 8.92. The summed E-state index contributed by atoms with van der Waals surface area (Å²) < 4.78 is 29.0. The summed E-state index contributed by atoms with van der Waals surface area (Å²) in [5.74, 6) is -2.28. The monoisotopic (exact) mass is 500 g/mol. The molecule has 2 aliphatic rings. The number of hydrogen-bond acceptors (Lipinski definition) is 6. The van der Waals surface area contributed by atoms with Gasteiger partial charge < -0.3 is 20.5 Å². The molecule has 2 aromatic carbocycles. The molecule has 1 saturated carbocycles. The number of alkyl carbamates (subject to hydrolysis) is 1. The van der Waals surface area contributed by atoms with E-state index in [0.717, 1.165) is 22.3 Å². The van der Waals surface area contributed by atoms with Gasteiger partial charge in [0.2, 0.25) is 5.91 Å². The third-order valence-corrected chi connectivity index (χ3v) is 9.40. The fourth-order valence-corrected chi connectivity index (χ4v) is 6.21. The molecule has 4 rings (SSSR count). The first-order valence-electron chi connectivity index (χ1n) is 11.5. The molecule has 1 unspecified atom stereocenters. The summed E-state index contributed by atoms with van der Waals surface area (Å²) in [4.78, 5) is 36.5. The number of ether oxygens (including phenoxy) is 1. The minimum absolute atomic E-state index is 0.0130. The van der Waals surface area contributed by atoms with Crippen molar-refractivity contribution in [2.24, 2.45) is 0 Å². The Morgan fingerprint density at radius 3 is 2.14 bits per heavy atom. The van der Waals surface area contributed by atoms with Gasteiger partial charge in [-0.15, -0.1) is 0 Å². The smallest absolute Gasteiger partial charge is 0.407 e. The van der Waals surface area contributed by atoms with E-state index in [4.69, 9.17) is 4.74 Å². The molecule has 2 amide bonds. The normalized spacial score (nSPS) is 16.5. The standard InChI is InChI=1S/C25H28N2O7S/c1-2-35(32,33)25(11-12-25)15-26-23(30)21(13-22(28)29)27-24(31)34-14-20-18-9-5-3-7-16(18)17-8-4-6-10-19(17)20/h3-10,20-21H,2,11-15H2,1H3,(H,26,30)(H,27,31)(H,28,29). The quantitative estimate of drug-likeness (QED) is 0.455. The predicted octanol–water partition coefficient (Wildman–Crippen LogP) is 2.45. The van der Waals surface area contributed by atoms with E-state index >= 15 is 0 Å². The van der Waals surface area contributed by atoms with Crippen molar-refractivity contribution in [2.45, 2.75) is 42.9 Å². The van der Waals surface area contributed by atoms with Gasteiger partial charge in [0, 0.05) is 18.2 Å². The van der Waals surface area contributed by atoms with Crippen LogP contribution in [0.5, 0.6) is 0 Å². The summed E-state index contributed by atoms with van der Waals surface area (Å²) in [5, 5.41) is 14.0. The largest absolute Gasteiger partial charge is 0.481 e. The fraction of sp³-hybridized carbons (Fsp3) is 0.400. The molecule has 35 heavy (non-hydrogen) atoms. The van der Waals surface area contributed by atoms with E-state index in [1.165, 1.54) is 0 Å². The average molecular weight is 501 g/mol. The lowest BCUT2D eigenvalue weighted by Gasteiger charge is -2.21. The first-order chi connectivity index (χ1) is 16.7. The summed E-state index contributed by atoms with van der Waals surface area (Å²) >= 11 is 0. The number of carboxylic acid groups (broad SMARTS) is 1. The van der Waals surface area contributed by atoms with Crippen molar-refractivity contribution >= 4 is 27.8 Å². The topological polar surface area (TPSA) is 139 Å². The Morgan fingerprint density at radius 1 is 1.06 bits per heavy atom. The Balaban J connectivity index is 1.39. The van der Waals surface area contributed by atoms with E-state index in [1.807, 2.05) is 48.5 Å². The third-order valence-electron chi connectivity index (χ3n) is 6.76. The van der Waals surface area contributed by atoms with Gasteiger partial charge in [-0.2, -0.15) is 0 Å². The number of rotatable bonds is 10. The maximum absolute atomic E-state index is 12.7. The van der Waals surface area contributed by atoms with Crippen LogP contribution in [-0.2, 0) is 24.2 Å². The fourth-order valence-electron chi connectivity index (χ4n) is 4.58. The summed E-state index contributed by atoms with van der Waals surface area (Å²) in [6, 6.07) is 14.3. The number of nitrogens with one attached hydrogen (secondary N) is 2. The average Bonchev–Trinajstić information content (AvgIpc) is 3.58. The van der Waals surface area contributed by atoms with Crippen LogP contribution < -0.4 is 10.6 Å². The molecule has 1 fully saturated rings. The van der Waals surface area contributed by atoms with Gasteiger partial charge in [-0.05, 0) is 35.1 Å². The van der Waals surface area contributed by atoms with Gasteiger partial charge in [0.15, 0.2) is 9.84 Å². The Bertz CT molecular complexity index is 1210. The molecular formula is C25H28N2O7S. The number of carbonyl (C=O) groups excluding carboxylic acids is 2. The maximum atomic E-state index is 12.7. The van der Waals surface area contributed by atoms with Crippen LogP contribution in [0, 0.1) is 0 Å². The van der Waals surface area contributed by atoms with Gasteiger partial charge in [0.1, 0.15) is 12.6 Å². The van der Waals surface area contributed by atoms with Crippen LogP contribution >= 0.6 is 0 Å². The molecule has 3 N–H and O–H groups in total. The van der Waals surface area contributed by atoms with Crippen molar-refractivity contribution in [3.05, 3.63) is 59.7 Å². The zero-order valence-corrected chi connectivity index (χ0v) is 20.1. The molecule has 186 valence electrons. The molecule has 0 aromatic heterocycles. The maximum Gasteiger partial charge on any atom is 0.407 e. The molecule has 1 atom stereocenters. The van der Waals surface area contributed by atoms with Gasteiger partial charge in [0.05, 0.1) is 11.2 Å². The van der Waals surface area contributed by atoms with E-state index in [9.17, 15) is 27.9 Å². The first kappa shape index (κ1) is 24.7. The third kappa shape index (κ3) is 5.02. The van der Waals surface area contributed by atoms with Crippen LogP contribution in [0.25, 0.3) is 11.1 Å². The van der Waals surface area contributed by atoms with Gasteiger partial charge in [-0.25, -0.2) is 13.2 Å². The highest BCUT2D eigenvalue weighted by Gasteiger charge is 2.53. The summed E-state index contributed by atoms with van der Waals surface area (Å²) in [6.07, 6.45) is -0.709. The van der Waals surface area contributed by atoms with E-state index in [-0.39, 0.29) is 24.8 Å². The Morgan fingerprint density at radius 2 is 1.63 bits per heavy atom. The van der Waals surface area contributed by atoms with E-state index in [0.29, 0.717) is 12.8 Å². The van der Waals surface area contributed by atoms with Gasteiger partial charge >= 0.3 is 12.1 Å². The molecule has 0 heterocycles. The minimum Gasteiger partial charge on any atom is -0.481 e. The zero-order valence-electron chi connectivity index (χ0n) is 19.3. The van der Waals surface area contributed by atoms with Crippen molar-refractivity contribution in [1.29, 1.82) is 0 Å². The Kier molecular flexibility index (Phi) is 6.84. The van der Waals surface area contributed by atoms with Crippen LogP contribution in [0.1, 0.15) is 43.2 Å². The van der Waals surface area contributed by atoms with Crippen molar-refractivity contribution in [2.75, 3.05) is 18.9 Å². The number of carboxylic acids is 1. The lowest BCUT2D eigenvalue weighted by Crippen LogP contribution is -2.50. The molecule has 0 bridgehead atoms. The highest BCUT2D eigenvalue weighted by atomic mass is 32.2. The number of benzene rings is 2. The second kappa shape index (κ2) is 9.69. The van der Waals surface area contributed by atoms with Gasteiger partial charge in [-0.1, -0.05) is 55.5 Å². The number of carbonyl (C=O) groups is 3. The summed E-state index contributed by atoms with van der Waals surface area (Å²) in [6.45, 7) is 1.44. The highest BCUT2D eigenvalue weighted by molar-refractivity contribution is 7.93. The van der Waals surface area contributed by atoms with Crippen LogP contribution in [0.2, 0.25) is 0 Å². The van der Waals surface area contributed by atoms with Gasteiger partial charge in [0.25, 0.3) is 0 Å². The molecule has 0 aliphatic heterocycles. The molecule has 0 saturated heterocycles. The number of amides is 2. The number of sulfone groups is 1. The zero-order chi connectivity index (χ0) is 25.2. The second-order valence-corrected chi connectivity index (χ2v) is 11.6. The summed E-state index contributed by atoms with van der Waals surface area (Å²) in [5.41, 5.74) is 4.17. The van der Waals surface area contributed by atoms with Crippen LogP contribution in [-0.4, -0.2) is 61.2 Å². The van der Waals surface area contributed by atoms with E-state index in [1.54, 1.807) is 6.92 Å². The van der Waals surface area contributed by atoms with Crippen molar-refractivity contribution in [1.82, 2.24) is 10.6 Å². The van der Waals surface area contributed by atoms with Crippen molar-refractivity contribution in [3.63, 3.8) is 0 Å². The SMILES string of the molecule is CCS(=O)(=O)C1(CNC(=O)C(CC(=O)O)NC(=O)OCC2c3ccccc3-c3ccccc32)CC1. The molecule has 10 heteroatoms. The summed E-state index contributed by atoms with van der Waals surface area (Å²) in [7, 11) is -3.36. The predicted molar refractivity (Wildman–Crippen MR) is 129 cm³/mol. The van der Waals surface area contributed by atoms with Crippen LogP contribution in [0.3, 0.4) is 0 Å². The van der Waals surface area contributed by atoms with Crippen LogP contribution in [0.15, 0.2) is 48.5 Å². The molecule has 9 nitrogen and oxygen atoms in total. The minimum atomic E-state index is -3.36. The van der Waals surface area contributed by atoms with Crippen molar-refractivity contribution in [3.8, 4) is 11.1 Å². The molecule has 0 radical (unpaired) electrons. The van der Waals surface area contributed by atoms with E-state index < -0.39 is 45.0 Å². The Hall–Kier alpha value is -3.40. The Labute approximate surface area is 203 Å². The highest BCUT2D eigenvalue weighted by Crippen LogP contribution is 2.45. The lowest BCUT2D eigenvalue weighted by atomic mass is 9.98. The molecule has 0 spiro atoms. The van der Waals surface area contributed by atoms with Gasteiger partial charge in [-0.3, -0.25) is 9.59 Å².